The first-order valence-corrected chi connectivity index (χ1v) is 17.7. The van der Waals surface area contributed by atoms with Crippen LogP contribution in [0.5, 0.6) is 11.5 Å². The lowest BCUT2D eigenvalue weighted by Gasteiger charge is -2.34. The quantitative estimate of drug-likeness (QED) is 0.200. The fraction of sp³-hybridized carbons (Fsp3) is 0.293. The topological polar surface area (TPSA) is 94.1 Å². The van der Waals surface area contributed by atoms with Crippen LogP contribution in [0.15, 0.2) is 103 Å². The Hall–Kier alpha value is -4.79. The fourth-order valence-electron chi connectivity index (χ4n) is 7.89. The molecule has 3 aliphatic heterocycles. The van der Waals surface area contributed by atoms with E-state index in [1.807, 2.05) is 35.2 Å². The number of nitrogens with zero attached hydrogens (tertiary/aromatic N) is 2. The summed E-state index contributed by atoms with van der Waals surface area (Å²) in [6, 6.07) is 35.8. The molecule has 1 amide bonds. The molecule has 0 aliphatic carbocycles. The van der Waals surface area contributed by atoms with Gasteiger partial charge in [0.2, 0.25) is 0 Å². The van der Waals surface area contributed by atoms with E-state index in [4.69, 9.17) is 20.8 Å². The lowest BCUT2D eigenvalue weighted by molar-refractivity contribution is 0.0715. The standard InChI is InChI=1S/C41H43BN4O3/c43-26-28-4-1-6-32(22-28)30-14-18-45(19-15-30)36-12-10-35(11-13-36)42-48-39-24-34-8-3-9-37(38(34)25-40(39)49-42)41(47)46-20-16-31(17-21-46)33-7-2-5-29(23-33)27-44/h1-13,22-25,30-31H,14-21,26-27,43-44H2. The van der Waals surface area contributed by atoms with Crippen LogP contribution in [0, 0.1) is 0 Å². The maximum absolute atomic E-state index is 13.9. The number of piperidine rings is 2. The van der Waals surface area contributed by atoms with Gasteiger partial charge in [-0.1, -0.05) is 72.8 Å². The molecule has 2 fully saturated rings. The summed E-state index contributed by atoms with van der Waals surface area (Å²) in [5, 5.41) is 1.86. The molecule has 0 bridgehead atoms. The van der Waals surface area contributed by atoms with Crippen molar-refractivity contribution in [1.29, 1.82) is 0 Å². The Bertz CT molecular complexity index is 1970. The van der Waals surface area contributed by atoms with Crippen LogP contribution < -0.4 is 31.1 Å². The molecule has 7 nitrogen and oxygen atoms in total. The smallest absolute Gasteiger partial charge is 0.519 e. The van der Waals surface area contributed by atoms with Crippen LogP contribution in [-0.2, 0) is 13.1 Å². The zero-order chi connectivity index (χ0) is 33.3. The molecule has 8 rings (SSSR count). The summed E-state index contributed by atoms with van der Waals surface area (Å²) < 4.78 is 12.7. The van der Waals surface area contributed by atoms with Gasteiger partial charge in [0.15, 0.2) is 0 Å². The number of fused-ring (bicyclic) bond motifs is 2. The van der Waals surface area contributed by atoms with Crippen molar-refractivity contribution >= 4 is 34.9 Å². The molecule has 0 unspecified atom stereocenters. The van der Waals surface area contributed by atoms with E-state index in [0.29, 0.717) is 42.0 Å². The number of nitrogens with two attached hydrogens (primary N) is 2. The van der Waals surface area contributed by atoms with Crippen LogP contribution in [-0.4, -0.2) is 44.1 Å². The van der Waals surface area contributed by atoms with Gasteiger partial charge in [-0.05, 0) is 101 Å². The molecule has 8 heteroatoms. The van der Waals surface area contributed by atoms with E-state index < -0.39 is 7.12 Å². The Kier molecular flexibility index (Phi) is 8.75. The molecule has 3 aliphatic rings. The Morgan fingerprint density at radius 3 is 1.86 bits per heavy atom. The van der Waals surface area contributed by atoms with Gasteiger partial charge in [0.25, 0.3) is 5.91 Å². The molecule has 0 radical (unpaired) electrons. The summed E-state index contributed by atoms with van der Waals surface area (Å²) in [6.45, 7) is 4.64. The van der Waals surface area contributed by atoms with E-state index in [-0.39, 0.29) is 5.91 Å². The van der Waals surface area contributed by atoms with Gasteiger partial charge in [0.1, 0.15) is 11.5 Å². The summed E-state index contributed by atoms with van der Waals surface area (Å²) in [5.74, 6) is 2.46. The minimum absolute atomic E-state index is 0.0684. The van der Waals surface area contributed by atoms with Gasteiger partial charge in [0.05, 0.1) is 0 Å². The third-order valence-corrected chi connectivity index (χ3v) is 10.8. The van der Waals surface area contributed by atoms with Gasteiger partial charge in [-0.2, -0.15) is 0 Å². The molecule has 0 aromatic heterocycles. The Balaban J connectivity index is 0.916. The third-order valence-electron chi connectivity index (χ3n) is 10.8. The molecule has 5 aromatic rings. The van der Waals surface area contributed by atoms with E-state index in [2.05, 4.69) is 77.7 Å². The number of rotatable bonds is 7. The minimum atomic E-state index is -0.530. The van der Waals surface area contributed by atoms with Gasteiger partial charge in [-0.15, -0.1) is 0 Å². The second-order valence-electron chi connectivity index (χ2n) is 13.7. The second-order valence-corrected chi connectivity index (χ2v) is 13.7. The molecule has 3 heterocycles. The Morgan fingerprint density at radius 2 is 1.24 bits per heavy atom. The number of anilines is 1. The summed E-state index contributed by atoms with van der Waals surface area (Å²) in [4.78, 5) is 18.3. The zero-order valence-corrected chi connectivity index (χ0v) is 27.9. The number of hydrogen-bond donors (Lipinski definition) is 2. The van der Waals surface area contributed by atoms with E-state index in [1.54, 1.807) is 0 Å². The lowest BCUT2D eigenvalue weighted by Crippen LogP contribution is -2.39. The molecule has 2 saturated heterocycles. The molecule has 0 saturated carbocycles. The fourth-order valence-corrected chi connectivity index (χ4v) is 7.89. The molecule has 248 valence electrons. The highest BCUT2D eigenvalue weighted by molar-refractivity contribution is 6.63. The van der Waals surface area contributed by atoms with E-state index in [1.165, 1.54) is 22.4 Å². The normalized spacial score (nSPS) is 16.8. The van der Waals surface area contributed by atoms with Gasteiger partial charge >= 0.3 is 7.12 Å². The van der Waals surface area contributed by atoms with Gasteiger partial charge in [-0.3, -0.25) is 4.79 Å². The van der Waals surface area contributed by atoms with Crippen LogP contribution in [0.1, 0.15) is 70.1 Å². The number of carbonyl (C=O) groups is 1. The van der Waals surface area contributed by atoms with Crippen LogP contribution >= 0.6 is 0 Å². The highest BCUT2D eigenvalue weighted by atomic mass is 16.6. The summed E-state index contributed by atoms with van der Waals surface area (Å²) in [7, 11) is -0.530. The van der Waals surface area contributed by atoms with Crippen molar-refractivity contribution in [3.8, 4) is 11.5 Å². The molecular formula is C41H43BN4O3. The van der Waals surface area contributed by atoms with Crippen molar-refractivity contribution < 1.29 is 14.1 Å². The molecule has 49 heavy (non-hydrogen) atoms. The predicted octanol–water partition coefficient (Wildman–Crippen LogP) is 6.33. The molecular weight excluding hydrogens is 607 g/mol. The van der Waals surface area contributed by atoms with Crippen LogP contribution in [0.3, 0.4) is 0 Å². The number of likely N-dealkylation sites (tertiary alicyclic amines) is 1. The van der Waals surface area contributed by atoms with Crippen molar-refractivity contribution in [1.82, 2.24) is 4.90 Å². The number of amides is 1. The van der Waals surface area contributed by atoms with Crippen molar-refractivity contribution in [2.24, 2.45) is 11.5 Å². The SMILES string of the molecule is NCc1cccc(C2CCN(C(=O)c3cccc4cc5c(cc34)OB(c3ccc(N4CCC(c6cccc(CN)c6)CC4)cc3)O5)CC2)c1. The highest BCUT2D eigenvalue weighted by Crippen LogP contribution is 2.39. The van der Waals surface area contributed by atoms with Gasteiger partial charge in [-0.25, -0.2) is 0 Å². The number of hydrogen-bond acceptors (Lipinski definition) is 6. The first-order chi connectivity index (χ1) is 24.1. The molecule has 0 atom stereocenters. The first kappa shape index (κ1) is 31.5. The van der Waals surface area contributed by atoms with Gasteiger partial charge < -0.3 is 30.6 Å². The van der Waals surface area contributed by atoms with Crippen molar-refractivity contribution in [2.75, 3.05) is 31.1 Å². The Labute approximate surface area is 288 Å². The van der Waals surface area contributed by atoms with E-state index >= 15 is 0 Å². The summed E-state index contributed by atoms with van der Waals surface area (Å²) in [5.41, 5.74) is 19.7. The maximum atomic E-state index is 13.9. The lowest BCUT2D eigenvalue weighted by atomic mass is 9.79. The summed E-state index contributed by atoms with van der Waals surface area (Å²) >= 11 is 0. The van der Waals surface area contributed by atoms with Crippen molar-refractivity contribution in [3.63, 3.8) is 0 Å². The van der Waals surface area contributed by atoms with E-state index in [9.17, 15) is 4.79 Å². The molecule has 5 aromatic carbocycles. The van der Waals surface area contributed by atoms with Crippen LogP contribution in [0.4, 0.5) is 5.69 Å². The number of benzene rings is 5. The van der Waals surface area contributed by atoms with Crippen molar-refractivity contribution in [3.05, 3.63) is 131 Å². The average Bonchev–Trinajstić information content (AvgIpc) is 3.60. The zero-order valence-electron chi connectivity index (χ0n) is 27.9. The van der Waals surface area contributed by atoms with E-state index in [0.717, 1.165) is 73.7 Å². The largest absolute Gasteiger partial charge is 0.632 e. The molecule has 0 spiro atoms. The van der Waals surface area contributed by atoms with Crippen LogP contribution in [0.2, 0.25) is 0 Å². The average molecular weight is 651 g/mol. The second kappa shape index (κ2) is 13.6. The Morgan fingerprint density at radius 1 is 0.673 bits per heavy atom. The van der Waals surface area contributed by atoms with Crippen molar-refractivity contribution in [2.45, 2.75) is 50.6 Å². The predicted molar refractivity (Wildman–Crippen MR) is 198 cm³/mol. The van der Waals surface area contributed by atoms with Crippen LogP contribution in [0.25, 0.3) is 10.8 Å². The monoisotopic (exact) mass is 650 g/mol. The number of carbonyl (C=O) groups excluding carboxylic acids is 1. The highest BCUT2D eigenvalue weighted by Gasteiger charge is 2.35. The van der Waals surface area contributed by atoms with Gasteiger partial charge in [0, 0.05) is 56.0 Å². The minimum Gasteiger partial charge on any atom is -0.519 e. The molecule has 4 N–H and O–H groups in total. The third kappa shape index (κ3) is 6.39. The maximum Gasteiger partial charge on any atom is 0.632 e. The summed E-state index contributed by atoms with van der Waals surface area (Å²) in [6.07, 6.45) is 4.14. The first-order valence-electron chi connectivity index (χ1n) is 17.7.